The Balaban J connectivity index is 0.905. The minimum absolute atomic E-state index is 0.0804. The van der Waals surface area contributed by atoms with E-state index in [2.05, 4.69) is 272 Å². The number of nitrogens with zero attached hydrogens (tertiary/aromatic N) is 3. The molecule has 13 rings (SSSR count). The van der Waals surface area contributed by atoms with Crippen molar-refractivity contribution in [2.24, 2.45) is 0 Å². The Hall–Kier alpha value is -8.40. The van der Waals surface area contributed by atoms with Gasteiger partial charge in [-0.1, -0.05) is 173 Å². The Morgan fingerprint density at radius 3 is 1.87 bits per heavy atom. The van der Waals surface area contributed by atoms with Crippen molar-refractivity contribution in [1.29, 1.82) is 0 Å². The number of benzene rings is 9. The molecule has 0 aliphatic carbocycles. The van der Waals surface area contributed by atoms with Gasteiger partial charge in [-0.25, -0.2) is 0 Å². The van der Waals surface area contributed by atoms with Gasteiger partial charge >= 0.3 is 0 Å². The van der Waals surface area contributed by atoms with E-state index in [9.17, 15) is 0 Å². The highest BCUT2D eigenvalue weighted by atomic mass is 15.0. The molecular formula is C73H65N3+2. The molecule has 0 saturated carbocycles. The second-order valence-electron chi connectivity index (χ2n) is 21.3. The van der Waals surface area contributed by atoms with Crippen LogP contribution in [0.4, 0.5) is 0 Å². The molecule has 0 saturated heterocycles. The third-order valence-electron chi connectivity index (χ3n) is 17.2. The van der Waals surface area contributed by atoms with Gasteiger partial charge in [-0.2, -0.15) is 9.13 Å². The first-order valence-electron chi connectivity index (χ1n) is 27.8. The van der Waals surface area contributed by atoms with E-state index in [1.165, 1.54) is 129 Å². The van der Waals surface area contributed by atoms with Crippen LogP contribution >= 0.6 is 0 Å². The third-order valence-corrected chi connectivity index (χ3v) is 17.2. The monoisotopic (exact) mass is 984 g/mol. The summed E-state index contributed by atoms with van der Waals surface area (Å²) in [5, 5.41) is 7.84. The Morgan fingerprint density at radius 1 is 0.474 bits per heavy atom. The van der Waals surface area contributed by atoms with Gasteiger partial charge in [-0.3, -0.25) is 0 Å². The van der Waals surface area contributed by atoms with E-state index in [0.29, 0.717) is 6.04 Å². The highest BCUT2D eigenvalue weighted by Crippen LogP contribution is 2.50. The number of hydrogen-bond acceptors (Lipinski definition) is 0. The number of pyridine rings is 2. The molecule has 3 aromatic heterocycles. The van der Waals surface area contributed by atoms with Gasteiger partial charge in [-0.05, 0) is 148 Å². The molecule has 0 amide bonds. The number of para-hydroxylation sites is 2. The predicted octanol–water partition coefficient (Wildman–Crippen LogP) is 18.4. The van der Waals surface area contributed by atoms with Gasteiger partial charge in [-0.15, -0.1) is 0 Å². The second-order valence-corrected chi connectivity index (χ2v) is 21.3. The molecule has 0 radical (unpaired) electrons. The molecule has 1 aliphatic heterocycles. The third kappa shape index (κ3) is 7.95. The Bertz CT molecular complexity index is 4110. The minimum atomic E-state index is -0.0804. The Morgan fingerprint density at radius 2 is 1.11 bits per heavy atom. The van der Waals surface area contributed by atoms with Gasteiger partial charge in [0, 0.05) is 41.4 Å². The first-order valence-corrected chi connectivity index (χ1v) is 27.8. The first-order chi connectivity index (χ1) is 37.5. The van der Waals surface area contributed by atoms with Crippen LogP contribution in [0, 0.1) is 6.92 Å². The maximum Gasteiger partial charge on any atom is 0.220 e. The SMILES string of the molecule is CCCCc1cccc2c3[n+](ccc12)C(CC)C(CC)(CC[n+]1ccc2ccccc2c1-c1cc(-c2cccc(-c4cc(-c5ccccc5)cc(-n5c6ccccc6c6ccccc65)c4)c2)ccc1C)c1ccccc1-3. The summed E-state index contributed by atoms with van der Waals surface area (Å²) < 4.78 is 7.70. The first kappa shape index (κ1) is 47.3. The number of aryl methyl sites for hydroxylation is 3. The van der Waals surface area contributed by atoms with Gasteiger partial charge in [0.05, 0.1) is 38.3 Å². The normalized spacial score (nSPS) is 15.1. The lowest BCUT2D eigenvalue weighted by molar-refractivity contribution is -0.729. The predicted molar refractivity (Wildman–Crippen MR) is 319 cm³/mol. The van der Waals surface area contributed by atoms with Crippen molar-refractivity contribution in [2.75, 3.05) is 0 Å². The van der Waals surface area contributed by atoms with E-state index in [1.54, 1.807) is 0 Å². The van der Waals surface area contributed by atoms with Crippen LogP contribution in [0.15, 0.2) is 231 Å². The fourth-order valence-electron chi connectivity index (χ4n) is 13.5. The highest BCUT2D eigenvalue weighted by Gasteiger charge is 2.51. The van der Waals surface area contributed by atoms with Crippen LogP contribution in [0.1, 0.15) is 75.6 Å². The number of unbranched alkanes of at least 4 members (excludes halogenated alkanes) is 1. The minimum Gasteiger partial charge on any atom is -0.309 e. The fourth-order valence-corrected chi connectivity index (χ4v) is 13.5. The van der Waals surface area contributed by atoms with Crippen molar-refractivity contribution in [1.82, 2.24) is 4.57 Å². The molecule has 2 atom stereocenters. The second kappa shape index (κ2) is 19.7. The molecule has 3 heteroatoms. The average molecular weight is 984 g/mol. The van der Waals surface area contributed by atoms with Gasteiger partial charge in [0.2, 0.25) is 11.4 Å². The average Bonchev–Trinajstić information content (AvgIpc) is 3.86. The van der Waals surface area contributed by atoms with Crippen LogP contribution in [-0.4, -0.2) is 4.57 Å². The summed E-state index contributed by atoms with van der Waals surface area (Å²) in [5.41, 5.74) is 20.2. The van der Waals surface area contributed by atoms with E-state index in [4.69, 9.17) is 0 Å². The molecular weight excluding hydrogens is 919 g/mol. The van der Waals surface area contributed by atoms with Crippen LogP contribution in [0.2, 0.25) is 0 Å². The molecule has 4 heterocycles. The van der Waals surface area contributed by atoms with Gasteiger partial charge in [0.25, 0.3) is 0 Å². The fraction of sp³-hybridized carbons (Fsp3) is 0.178. The van der Waals surface area contributed by atoms with E-state index < -0.39 is 0 Å². The molecule has 0 bridgehead atoms. The summed E-state index contributed by atoms with van der Waals surface area (Å²) in [6.45, 7) is 10.3. The van der Waals surface area contributed by atoms with Crippen LogP contribution in [0.25, 0.3) is 105 Å². The molecule has 370 valence electrons. The van der Waals surface area contributed by atoms with Gasteiger partial charge < -0.3 is 4.57 Å². The lowest BCUT2D eigenvalue weighted by Crippen LogP contribution is -2.56. The van der Waals surface area contributed by atoms with Crippen molar-refractivity contribution in [3.63, 3.8) is 0 Å². The lowest BCUT2D eigenvalue weighted by Gasteiger charge is -2.41. The van der Waals surface area contributed by atoms with Crippen molar-refractivity contribution < 1.29 is 9.13 Å². The van der Waals surface area contributed by atoms with Gasteiger partial charge in [0.15, 0.2) is 18.4 Å². The Labute approximate surface area is 448 Å². The number of aromatic nitrogens is 3. The standard InChI is InChI=1S/C73H65N3/c1-5-8-22-52-26-21-33-64-60(52)40-43-75-70(6-2)73(7-3,67-34-17-14-32-65(67)72(64)75)41-44-74-42-39-53-25-12-13-29-61(53)71(74)66-49-56(38-37-50(66)4)54-27-20-28-55(45-54)58-46-57(51-23-10-9-11-24-51)47-59(48-58)76-68-35-18-15-30-62(68)63-31-16-19-36-69(63)76/h9-21,23-40,42-43,45-49,70H,5-8,22,41,44H2,1-4H3/q+2. The van der Waals surface area contributed by atoms with E-state index in [1.807, 2.05) is 0 Å². The number of rotatable bonds is 13. The van der Waals surface area contributed by atoms with Crippen molar-refractivity contribution in [3.05, 3.63) is 247 Å². The molecule has 2 unspecified atom stereocenters. The van der Waals surface area contributed by atoms with Gasteiger partial charge in [0.1, 0.15) is 6.54 Å². The van der Waals surface area contributed by atoms with Crippen LogP contribution in [0.5, 0.6) is 0 Å². The Kier molecular flexibility index (Phi) is 12.3. The van der Waals surface area contributed by atoms with Crippen molar-refractivity contribution >= 4 is 43.4 Å². The molecule has 12 aromatic rings. The summed E-state index contributed by atoms with van der Waals surface area (Å²) >= 11 is 0. The smallest absolute Gasteiger partial charge is 0.220 e. The van der Waals surface area contributed by atoms with E-state index in [0.717, 1.165) is 37.9 Å². The van der Waals surface area contributed by atoms with Crippen LogP contribution in [0.3, 0.4) is 0 Å². The molecule has 0 N–H and O–H groups in total. The maximum atomic E-state index is 2.68. The molecule has 1 aliphatic rings. The zero-order valence-electron chi connectivity index (χ0n) is 44.3. The zero-order valence-corrected chi connectivity index (χ0v) is 44.3. The van der Waals surface area contributed by atoms with Crippen LogP contribution < -0.4 is 9.13 Å². The largest absolute Gasteiger partial charge is 0.309 e. The maximum absolute atomic E-state index is 2.68. The summed E-state index contributed by atoms with van der Waals surface area (Å²) in [6, 6.07) is 82.3. The summed E-state index contributed by atoms with van der Waals surface area (Å²) in [6.07, 6.45) is 11.4. The number of fused-ring (bicyclic) bond motifs is 9. The molecule has 0 fully saturated rings. The van der Waals surface area contributed by atoms with Crippen molar-refractivity contribution in [2.45, 2.75) is 84.2 Å². The quantitative estimate of drug-likeness (QED) is 0.102. The lowest BCUT2D eigenvalue weighted by atomic mass is 9.64. The van der Waals surface area contributed by atoms with E-state index >= 15 is 0 Å². The van der Waals surface area contributed by atoms with Crippen molar-refractivity contribution in [3.8, 4) is 61.6 Å². The summed E-state index contributed by atoms with van der Waals surface area (Å²) in [5.74, 6) is 0. The zero-order chi connectivity index (χ0) is 51.3. The number of hydrogen-bond donors (Lipinski definition) is 0. The van der Waals surface area contributed by atoms with E-state index in [-0.39, 0.29) is 5.41 Å². The molecule has 9 aromatic carbocycles. The molecule has 76 heavy (non-hydrogen) atoms. The summed E-state index contributed by atoms with van der Waals surface area (Å²) in [7, 11) is 0. The highest BCUT2D eigenvalue weighted by molar-refractivity contribution is 6.09. The molecule has 3 nitrogen and oxygen atoms in total. The van der Waals surface area contributed by atoms with Crippen LogP contribution in [-0.2, 0) is 18.4 Å². The summed E-state index contributed by atoms with van der Waals surface area (Å²) in [4.78, 5) is 0. The topological polar surface area (TPSA) is 12.7 Å². The molecule has 0 spiro atoms.